The fourth-order valence-electron chi connectivity index (χ4n) is 3.53. The molecule has 2 aliphatic heterocycles. The molecule has 1 aromatic carbocycles. The van der Waals surface area contributed by atoms with Gasteiger partial charge < -0.3 is 14.5 Å². The molecule has 0 unspecified atom stereocenters. The number of nitrogens with zero attached hydrogens (tertiary/aromatic N) is 4. The largest absolute Gasteiger partial charge is 0.378 e. The molecule has 0 amide bonds. The lowest BCUT2D eigenvalue weighted by atomic mass is 10.1. The van der Waals surface area contributed by atoms with E-state index in [9.17, 15) is 0 Å². The Balaban J connectivity index is 0.000000660. The van der Waals surface area contributed by atoms with Gasteiger partial charge in [0.2, 0.25) is 5.95 Å². The highest BCUT2D eigenvalue weighted by molar-refractivity contribution is 5.73. The highest BCUT2D eigenvalue weighted by Crippen LogP contribution is 2.35. The van der Waals surface area contributed by atoms with E-state index in [4.69, 9.17) is 14.7 Å². The minimum absolute atomic E-state index is 0.750. The Morgan fingerprint density at radius 2 is 1.61 bits per heavy atom. The zero-order valence-corrected chi connectivity index (χ0v) is 18.2. The van der Waals surface area contributed by atoms with Gasteiger partial charge in [-0.05, 0) is 12.8 Å². The van der Waals surface area contributed by atoms with Gasteiger partial charge in [0.1, 0.15) is 5.82 Å². The van der Waals surface area contributed by atoms with Crippen molar-refractivity contribution in [3.8, 4) is 11.3 Å². The van der Waals surface area contributed by atoms with Gasteiger partial charge in [0.15, 0.2) is 0 Å². The zero-order valence-electron chi connectivity index (χ0n) is 18.2. The summed E-state index contributed by atoms with van der Waals surface area (Å²) in [5.74, 6) is 1.98. The predicted octanol–water partition coefficient (Wildman–Crippen LogP) is 4.81. The van der Waals surface area contributed by atoms with Crippen molar-refractivity contribution in [1.82, 2.24) is 9.97 Å². The molecule has 5 heteroatoms. The first kappa shape index (κ1) is 22.2. The van der Waals surface area contributed by atoms with Gasteiger partial charge in [-0.15, -0.1) is 0 Å². The molecular formula is C23H36N4O. The normalized spacial score (nSPS) is 15.2. The van der Waals surface area contributed by atoms with Crippen LogP contribution >= 0.6 is 0 Å². The molecule has 0 atom stereocenters. The van der Waals surface area contributed by atoms with Crippen molar-refractivity contribution in [1.29, 1.82) is 0 Å². The van der Waals surface area contributed by atoms with Gasteiger partial charge in [-0.1, -0.05) is 65.0 Å². The monoisotopic (exact) mass is 384 g/mol. The third kappa shape index (κ3) is 5.02. The van der Waals surface area contributed by atoms with E-state index >= 15 is 0 Å². The maximum atomic E-state index is 5.48. The first-order chi connectivity index (χ1) is 13.9. The van der Waals surface area contributed by atoms with Crippen LogP contribution in [0.2, 0.25) is 0 Å². The van der Waals surface area contributed by atoms with Crippen molar-refractivity contribution < 1.29 is 4.74 Å². The summed E-state index contributed by atoms with van der Waals surface area (Å²) in [6.45, 7) is 15.5. The van der Waals surface area contributed by atoms with Gasteiger partial charge >= 0.3 is 0 Å². The first-order valence-electron chi connectivity index (χ1n) is 10.9. The fraction of sp³-hybridized carbons (Fsp3) is 0.565. The summed E-state index contributed by atoms with van der Waals surface area (Å²) in [6.07, 6.45) is 2.17. The lowest BCUT2D eigenvalue weighted by molar-refractivity contribution is 0.122. The Kier molecular flexibility index (Phi) is 9.21. The number of morpholine rings is 1. The van der Waals surface area contributed by atoms with E-state index in [0.29, 0.717) is 0 Å². The molecule has 2 aromatic rings. The number of benzene rings is 1. The van der Waals surface area contributed by atoms with Crippen LogP contribution in [0.25, 0.3) is 11.3 Å². The van der Waals surface area contributed by atoms with E-state index in [2.05, 4.69) is 47.1 Å². The zero-order chi connectivity index (χ0) is 20.4. The molecule has 1 fully saturated rings. The van der Waals surface area contributed by atoms with Crippen LogP contribution in [0, 0.1) is 0 Å². The summed E-state index contributed by atoms with van der Waals surface area (Å²) in [7, 11) is 0. The molecule has 0 aliphatic carbocycles. The van der Waals surface area contributed by atoms with Gasteiger partial charge in [-0.2, -0.15) is 4.98 Å². The van der Waals surface area contributed by atoms with Crippen LogP contribution in [0.3, 0.4) is 0 Å². The molecular weight excluding hydrogens is 348 g/mol. The molecule has 1 saturated heterocycles. The van der Waals surface area contributed by atoms with E-state index in [1.807, 2.05) is 27.7 Å². The summed E-state index contributed by atoms with van der Waals surface area (Å²) in [5, 5.41) is 0. The predicted molar refractivity (Wildman–Crippen MR) is 119 cm³/mol. The Morgan fingerprint density at radius 1 is 0.929 bits per heavy atom. The van der Waals surface area contributed by atoms with Crippen molar-refractivity contribution >= 4 is 11.8 Å². The standard InChI is InChI=1S/C19H24N4O.2C2H6/c1-2-9-22-10-8-16-17(15-6-4-3-5-7-15)20-19(21-18(16)22)23-11-13-24-14-12-23;2*1-2/h3-7H,2,8-14H2,1H3;2*1-2H3. The van der Waals surface area contributed by atoms with Crippen LogP contribution in [0.4, 0.5) is 11.8 Å². The lowest BCUT2D eigenvalue weighted by Crippen LogP contribution is -2.37. The third-order valence-corrected chi connectivity index (χ3v) is 4.74. The van der Waals surface area contributed by atoms with E-state index in [0.717, 1.165) is 69.7 Å². The SMILES string of the molecule is CC.CC.CCCN1CCc2c(-c3ccccc3)nc(N3CCOCC3)nc21. The summed E-state index contributed by atoms with van der Waals surface area (Å²) >= 11 is 0. The number of hydrogen-bond donors (Lipinski definition) is 0. The van der Waals surface area contributed by atoms with E-state index in [1.54, 1.807) is 0 Å². The number of aromatic nitrogens is 2. The Bertz CT molecular complexity index is 699. The van der Waals surface area contributed by atoms with Crippen LogP contribution in [0.5, 0.6) is 0 Å². The van der Waals surface area contributed by atoms with Crippen molar-refractivity contribution in [2.45, 2.75) is 47.5 Å². The van der Waals surface area contributed by atoms with Crippen LogP contribution < -0.4 is 9.80 Å². The van der Waals surface area contributed by atoms with E-state index < -0.39 is 0 Å². The van der Waals surface area contributed by atoms with Crippen molar-refractivity contribution in [2.24, 2.45) is 0 Å². The maximum Gasteiger partial charge on any atom is 0.228 e. The summed E-state index contributed by atoms with van der Waals surface area (Å²) in [4.78, 5) is 14.6. The van der Waals surface area contributed by atoms with E-state index in [1.165, 1.54) is 11.1 Å². The second-order valence-corrected chi connectivity index (χ2v) is 6.38. The number of hydrogen-bond acceptors (Lipinski definition) is 5. The molecule has 0 radical (unpaired) electrons. The van der Waals surface area contributed by atoms with Gasteiger partial charge in [0, 0.05) is 37.3 Å². The fourth-order valence-corrected chi connectivity index (χ4v) is 3.53. The quantitative estimate of drug-likeness (QED) is 0.757. The van der Waals surface area contributed by atoms with Crippen molar-refractivity contribution in [3.63, 3.8) is 0 Å². The molecule has 5 nitrogen and oxygen atoms in total. The molecule has 0 saturated carbocycles. The van der Waals surface area contributed by atoms with Crippen LogP contribution in [0.15, 0.2) is 30.3 Å². The highest BCUT2D eigenvalue weighted by Gasteiger charge is 2.27. The number of fused-ring (bicyclic) bond motifs is 1. The highest BCUT2D eigenvalue weighted by atomic mass is 16.5. The van der Waals surface area contributed by atoms with Crippen molar-refractivity contribution in [3.05, 3.63) is 35.9 Å². The second kappa shape index (κ2) is 11.6. The molecule has 0 bridgehead atoms. The molecule has 154 valence electrons. The maximum absolute atomic E-state index is 5.48. The van der Waals surface area contributed by atoms with Gasteiger partial charge in [0.05, 0.1) is 18.9 Å². The van der Waals surface area contributed by atoms with Gasteiger partial charge in [-0.25, -0.2) is 4.98 Å². The molecule has 4 rings (SSSR count). The van der Waals surface area contributed by atoms with E-state index in [-0.39, 0.29) is 0 Å². The lowest BCUT2D eigenvalue weighted by Gasteiger charge is -2.28. The van der Waals surface area contributed by atoms with Crippen LogP contribution in [-0.2, 0) is 11.2 Å². The Morgan fingerprint density at radius 3 is 2.25 bits per heavy atom. The summed E-state index contributed by atoms with van der Waals surface area (Å²) < 4.78 is 5.48. The molecule has 0 N–H and O–H groups in total. The molecule has 3 heterocycles. The molecule has 1 aromatic heterocycles. The Labute approximate surface area is 170 Å². The second-order valence-electron chi connectivity index (χ2n) is 6.38. The van der Waals surface area contributed by atoms with Crippen LogP contribution in [-0.4, -0.2) is 49.4 Å². The van der Waals surface area contributed by atoms with Crippen LogP contribution in [0.1, 0.15) is 46.6 Å². The summed E-state index contributed by atoms with van der Waals surface area (Å²) in [6, 6.07) is 10.5. The summed E-state index contributed by atoms with van der Waals surface area (Å²) in [5.41, 5.74) is 3.58. The number of rotatable bonds is 4. The Hall–Kier alpha value is -2.14. The topological polar surface area (TPSA) is 41.5 Å². The minimum Gasteiger partial charge on any atom is -0.378 e. The van der Waals surface area contributed by atoms with Gasteiger partial charge in [-0.3, -0.25) is 0 Å². The average molecular weight is 385 g/mol. The average Bonchev–Trinajstić information content (AvgIpc) is 3.20. The van der Waals surface area contributed by atoms with Crippen molar-refractivity contribution in [2.75, 3.05) is 49.2 Å². The smallest absolute Gasteiger partial charge is 0.228 e. The van der Waals surface area contributed by atoms with Gasteiger partial charge in [0.25, 0.3) is 0 Å². The minimum atomic E-state index is 0.750. The molecule has 2 aliphatic rings. The molecule has 0 spiro atoms. The molecule has 28 heavy (non-hydrogen) atoms. The first-order valence-corrected chi connectivity index (χ1v) is 10.9. The third-order valence-electron chi connectivity index (χ3n) is 4.74. The number of ether oxygens (including phenoxy) is 1. The number of anilines is 2.